The molecule has 5 nitrogen and oxygen atoms in total. The van der Waals surface area contributed by atoms with Gasteiger partial charge in [0.2, 0.25) is 0 Å². The molecule has 0 aliphatic rings. The smallest absolute Gasteiger partial charge is 0.411 e. The largest absolute Gasteiger partial charge is 0.480 e. The van der Waals surface area contributed by atoms with Gasteiger partial charge in [0.05, 0.1) is 0 Å². The van der Waals surface area contributed by atoms with Crippen LogP contribution in [0, 0.1) is 0 Å². The van der Waals surface area contributed by atoms with E-state index in [9.17, 15) is 14.4 Å². The fraction of sp³-hybridized carbons (Fsp3) is 1.00. The Bertz CT molecular complexity index is 169. The van der Waals surface area contributed by atoms with Crippen LogP contribution in [0.5, 0.6) is 0 Å². The van der Waals surface area contributed by atoms with Gasteiger partial charge in [0.15, 0.2) is 0 Å². The van der Waals surface area contributed by atoms with E-state index in [1.807, 2.05) is 0 Å². The third-order valence-electron chi connectivity index (χ3n) is 1.27. The van der Waals surface area contributed by atoms with E-state index in [1.54, 1.807) is 33.1 Å². The van der Waals surface area contributed by atoms with E-state index < -0.39 is 25.9 Å². The van der Waals surface area contributed by atoms with Crippen LogP contribution in [0.3, 0.4) is 0 Å². The van der Waals surface area contributed by atoms with E-state index in [4.69, 9.17) is 8.23 Å². The lowest BCUT2D eigenvalue weighted by Gasteiger charge is -2.32. The van der Waals surface area contributed by atoms with Gasteiger partial charge < -0.3 is 22.6 Å². The predicted molar refractivity (Wildman–Crippen MR) is 60.0 cm³/mol. The zero-order valence-corrected chi connectivity index (χ0v) is 12.4. The van der Waals surface area contributed by atoms with Crippen LogP contribution in [0.1, 0.15) is 6.92 Å². The lowest BCUT2D eigenvalue weighted by Crippen LogP contribution is -2.56. The summed E-state index contributed by atoms with van der Waals surface area (Å²) in [6, 6.07) is 0.293. The molecule has 0 atom stereocenters. The first-order valence-corrected chi connectivity index (χ1v) is 12.2. The van der Waals surface area contributed by atoms with Gasteiger partial charge in [-0.2, -0.15) is 0 Å². The van der Waals surface area contributed by atoms with Gasteiger partial charge in [-0.05, 0) is 26.2 Å². The van der Waals surface area contributed by atoms with Crippen LogP contribution in [-0.4, -0.2) is 40.3 Å². The lowest BCUT2D eigenvalue weighted by molar-refractivity contribution is 0.198. The first kappa shape index (κ1) is 14.5. The zero-order chi connectivity index (χ0) is 11.6. The molecule has 8 heteroatoms. The number of hydrogen-bond donors (Lipinski definition) is 3. The Hall–Kier alpha value is 0.451. The highest BCUT2D eigenvalue weighted by Crippen LogP contribution is 2.18. The van der Waals surface area contributed by atoms with Gasteiger partial charge in [0, 0.05) is 6.04 Å². The maximum absolute atomic E-state index is 9.94. The number of rotatable bonds is 5. The van der Waals surface area contributed by atoms with E-state index in [0.29, 0.717) is 6.04 Å². The molecule has 0 amide bonds. The lowest BCUT2D eigenvalue weighted by atomic mass is 11.0. The molecule has 0 aliphatic carbocycles. The van der Waals surface area contributed by atoms with Gasteiger partial charge in [-0.15, -0.1) is 0 Å². The van der Waals surface area contributed by atoms with Crippen molar-refractivity contribution in [2.45, 2.75) is 39.2 Å². The molecule has 0 aromatic carbocycles. The second kappa shape index (κ2) is 4.53. The summed E-state index contributed by atoms with van der Waals surface area (Å²) in [6.45, 7) is 7.92. The van der Waals surface area contributed by atoms with E-state index in [-0.39, 0.29) is 0 Å². The molecule has 0 heterocycles. The van der Waals surface area contributed by atoms with Gasteiger partial charge in [-0.1, -0.05) is 6.92 Å². The molecule has 0 unspecified atom stereocenters. The number of hydrogen-bond acceptors (Lipinski definition) is 5. The minimum atomic E-state index is -3.37. The van der Waals surface area contributed by atoms with Crippen LogP contribution in [-0.2, 0) is 8.23 Å². The Labute approximate surface area is 88.2 Å². The molecule has 0 spiro atoms. The van der Waals surface area contributed by atoms with Crippen LogP contribution in [0.25, 0.3) is 0 Å². The third kappa shape index (κ3) is 6.84. The molecule has 0 rings (SSSR count). The van der Waals surface area contributed by atoms with Gasteiger partial charge in [-0.25, -0.2) is 0 Å². The van der Waals surface area contributed by atoms with Crippen molar-refractivity contribution in [1.82, 2.24) is 0 Å². The van der Waals surface area contributed by atoms with E-state index in [2.05, 4.69) is 0 Å². The van der Waals surface area contributed by atoms with Crippen LogP contribution in [0.15, 0.2) is 0 Å². The summed E-state index contributed by atoms with van der Waals surface area (Å²) in [4.78, 5) is 29.0. The molecule has 0 aromatic heterocycles. The maximum Gasteiger partial charge on any atom is 0.480 e. The van der Waals surface area contributed by atoms with Gasteiger partial charge in [0.25, 0.3) is 0 Å². The Balaban J connectivity index is 4.49. The summed E-state index contributed by atoms with van der Waals surface area (Å²) in [5.41, 5.74) is 0. The van der Waals surface area contributed by atoms with Crippen LogP contribution >= 0.6 is 0 Å². The van der Waals surface area contributed by atoms with Gasteiger partial charge in [0.1, 0.15) is 0 Å². The standard InChI is InChI=1S/C6H20O5Si3/c1-6-14(9,10-12(2,3)7)11-13(4,5)8/h7-9H,6H2,1-5H3. The van der Waals surface area contributed by atoms with E-state index in [0.717, 1.165) is 0 Å². The Kier molecular flexibility index (Phi) is 4.68. The minimum Gasteiger partial charge on any atom is -0.411 e. The maximum atomic E-state index is 9.94. The van der Waals surface area contributed by atoms with E-state index >= 15 is 0 Å². The summed E-state index contributed by atoms with van der Waals surface area (Å²) in [5, 5.41) is 0. The molecule has 0 aliphatic heterocycles. The highest BCUT2D eigenvalue weighted by atomic mass is 28.5. The molecule has 0 aromatic rings. The van der Waals surface area contributed by atoms with Crippen molar-refractivity contribution in [3.05, 3.63) is 0 Å². The van der Waals surface area contributed by atoms with Crippen molar-refractivity contribution in [1.29, 1.82) is 0 Å². The second-order valence-electron chi connectivity index (χ2n) is 4.16. The third-order valence-corrected chi connectivity index (χ3v) is 8.71. The molecule has 0 saturated heterocycles. The fourth-order valence-corrected chi connectivity index (χ4v) is 8.89. The summed E-state index contributed by atoms with van der Waals surface area (Å²) in [7, 11) is -9.00. The minimum absolute atomic E-state index is 0.293. The van der Waals surface area contributed by atoms with Crippen molar-refractivity contribution >= 4 is 25.9 Å². The molecular weight excluding hydrogens is 236 g/mol. The summed E-state index contributed by atoms with van der Waals surface area (Å²) in [5.74, 6) is 0. The van der Waals surface area contributed by atoms with Gasteiger partial charge >= 0.3 is 25.9 Å². The monoisotopic (exact) mass is 256 g/mol. The second-order valence-corrected chi connectivity index (χ2v) is 13.7. The molecule has 0 fully saturated rings. The zero-order valence-electron chi connectivity index (χ0n) is 9.37. The van der Waals surface area contributed by atoms with Crippen LogP contribution in [0.2, 0.25) is 32.2 Å². The first-order chi connectivity index (χ1) is 5.97. The van der Waals surface area contributed by atoms with E-state index in [1.165, 1.54) is 0 Å². The summed E-state index contributed by atoms with van der Waals surface area (Å²) < 4.78 is 10.4. The molecule has 86 valence electrons. The van der Waals surface area contributed by atoms with Crippen molar-refractivity contribution < 1.29 is 22.6 Å². The molecule has 14 heavy (non-hydrogen) atoms. The molecule has 0 saturated carbocycles. The molecule has 0 radical (unpaired) electrons. The Morgan fingerprint density at radius 3 is 1.29 bits per heavy atom. The topological polar surface area (TPSA) is 79.2 Å². The highest BCUT2D eigenvalue weighted by Gasteiger charge is 2.45. The quantitative estimate of drug-likeness (QED) is 0.619. The van der Waals surface area contributed by atoms with Crippen molar-refractivity contribution in [3.63, 3.8) is 0 Å². The highest BCUT2D eigenvalue weighted by molar-refractivity contribution is 6.81. The first-order valence-electron chi connectivity index (χ1n) is 4.55. The predicted octanol–water partition coefficient (Wildman–Crippen LogP) is 0.359. The molecule has 3 N–H and O–H groups in total. The van der Waals surface area contributed by atoms with Crippen LogP contribution in [0.4, 0.5) is 0 Å². The summed E-state index contributed by atoms with van der Waals surface area (Å²) in [6.07, 6.45) is 0. The van der Waals surface area contributed by atoms with Crippen molar-refractivity contribution in [2.24, 2.45) is 0 Å². The van der Waals surface area contributed by atoms with Crippen molar-refractivity contribution in [2.75, 3.05) is 0 Å². The average molecular weight is 256 g/mol. The fourth-order valence-electron chi connectivity index (χ4n) is 0.946. The van der Waals surface area contributed by atoms with Gasteiger partial charge in [-0.3, -0.25) is 0 Å². The molecule has 0 bridgehead atoms. The molecular formula is C6H20O5Si3. The normalized spacial score (nSPS) is 14.6. The average Bonchev–Trinajstić information content (AvgIpc) is 1.78. The Morgan fingerprint density at radius 1 is 0.857 bits per heavy atom. The summed E-state index contributed by atoms with van der Waals surface area (Å²) >= 11 is 0. The van der Waals surface area contributed by atoms with Crippen LogP contribution < -0.4 is 0 Å². The van der Waals surface area contributed by atoms with Crippen molar-refractivity contribution in [3.8, 4) is 0 Å². The SMILES string of the molecule is CC[Si](O)(O[Si](C)(C)O)O[Si](C)(C)O. The Morgan fingerprint density at radius 2 is 1.14 bits per heavy atom.